The molecule has 3 nitrogen and oxygen atoms in total. The van der Waals surface area contributed by atoms with Crippen molar-refractivity contribution in [3.63, 3.8) is 0 Å². The molecule has 2 N–H and O–H groups in total. The van der Waals surface area contributed by atoms with E-state index in [1.807, 2.05) is 24.5 Å². The first kappa shape index (κ1) is 15.1. The monoisotopic (exact) mass is 267 g/mol. The summed E-state index contributed by atoms with van der Waals surface area (Å²) >= 11 is 1.67. The lowest BCUT2D eigenvalue weighted by atomic mass is 10.0. The molecule has 0 heterocycles. The smallest absolute Gasteiger partial charge is 0.320 e. The zero-order chi connectivity index (χ0) is 13.4. The summed E-state index contributed by atoms with van der Waals surface area (Å²) in [7, 11) is 0. The molecule has 4 heteroatoms. The Hall–Kier alpha value is -1.00. The fourth-order valence-electron chi connectivity index (χ4n) is 1.77. The number of rotatable bonds is 8. The third-order valence-electron chi connectivity index (χ3n) is 2.95. The molecule has 0 aromatic heterocycles. The molecule has 18 heavy (non-hydrogen) atoms. The molecule has 0 aliphatic heterocycles. The summed E-state index contributed by atoms with van der Waals surface area (Å²) in [5.74, 6) is 0.426. The summed E-state index contributed by atoms with van der Waals surface area (Å²) in [5, 5.41) is 12.3. The van der Waals surface area contributed by atoms with Gasteiger partial charge in [0.15, 0.2) is 0 Å². The molecule has 2 unspecified atom stereocenters. The number of aliphatic carboxylic acids is 1. The van der Waals surface area contributed by atoms with Crippen molar-refractivity contribution in [3.05, 3.63) is 35.9 Å². The van der Waals surface area contributed by atoms with Gasteiger partial charge in [0.05, 0.1) is 0 Å². The molecule has 0 aliphatic carbocycles. The maximum absolute atomic E-state index is 11.1. The summed E-state index contributed by atoms with van der Waals surface area (Å²) in [4.78, 5) is 11.1. The SMILES string of the molecule is CSCCC(NCC(C)c1ccccc1)C(=O)O. The summed E-state index contributed by atoms with van der Waals surface area (Å²) in [5.41, 5.74) is 1.24. The van der Waals surface area contributed by atoms with Crippen molar-refractivity contribution >= 4 is 17.7 Å². The maximum atomic E-state index is 11.1. The van der Waals surface area contributed by atoms with E-state index >= 15 is 0 Å². The first-order chi connectivity index (χ1) is 8.65. The van der Waals surface area contributed by atoms with Gasteiger partial charge in [-0.15, -0.1) is 0 Å². The van der Waals surface area contributed by atoms with Gasteiger partial charge >= 0.3 is 5.97 Å². The van der Waals surface area contributed by atoms with Gasteiger partial charge < -0.3 is 10.4 Å². The van der Waals surface area contributed by atoms with Crippen LogP contribution in [0.5, 0.6) is 0 Å². The predicted molar refractivity (Wildman–Crippen MR) is 77.3 cm³/mol. The molecule has 0 radical (unpaired) electrons. The number of carboxylic acids is 1. The van der Waals surface area contributed by atoms with E-state index in [2.05, 4.69) is 24.4 Å². The van der Waals surface area contributed by atoms with E-state index in [1.54, 1.807) is 11.8 Å². The molecule has 0 fully saturated rings. The molecule has 1 aromatic rings. The fraction of sp³-hybridized carbons (Fsp3) is 0.500. The van der Waals surface area contributed by atoms with E-state index < -0.39 is 12.0 Å². The zero-order valence-corrected chi connectivity index (χ0v) is 11.7. The minimum Gasteiger partial charge on any atom is -0.480 e. The highest BCUT2D eigenvalue weighted by Gasteiger charge is 2.17. The fourth-order valence-corrected chi connectivity index (χ4v) is 2.24. The van der Waals surface area contributed by atoms with Crippen LogP contribution in [0.25, 0.3) is 0 Å². The number of carbonyl (C=O) groups is 1. The molecular weight excluding hydrogens is 246 g/mol. The van der Waals surface area contributed by atoms with Gasteiger partial charge in [-0.25, -0.2) is 0 Å². The number of benzene rings is 1. The molecule has 0 bridgehead atoms. The Labute approximate surface area is 113 Å². The van der Waals surface area contributed by atoms with Gasteiger partial charge in [0.2, 0.25) is 0 Å². The van der Waals surface area contributed by atoms with Crippen molar-refractivity contribution < 1.29 is 9.90 Å². The highest BCUT2D eigenvalue weighted by atomic mass is 32.2. The van der Waals surface area contributed by atoms with Gasteiger partial charge in [0, 0.05) is 6.54 Å². The van der Waals surface area contributed by atoms with Crippen LogP contribution in [-0.4, -0.2) is 35.7 Å². The van der Waals surface area contributed by atoms with Crippen molar-refractivity contribution in [2.45, 2.75) is 25.3 Å². The van der Waals surface area contributed by atoms with E-state index in [-0.39, 0.29) is 0 Å². The average Bonchev–Trinajstić information content (AvgIpc) is 2.39. The Morgan fingerprint density at radius 2 is 2.06 bits per heavy atom. The standard InChI is InChI=1S/C14H21NO2S/c1-11(12-6-4-3-5-7-12)10-15-13(14(16)17)8-9-18-2/h3-7,11,13,15H,8-10H2,1-2H3,(H,16,17). The van der Waals surface area contributed by atoms with Crippen LogP contribution in [0.1, 0.15) is 24.8 Å². The topological polar surface area (TPSA) is 49.3 Å². The summed E-state index contributed by atoms with van der Waals surface area (Å²) in [6.45, 7) is 2.80. The van der Waals surface area contributed by atoms with Crippen molar-refractivity contribution in [3.8, 4) is 0 Å². The second-order valence-corrected chi connectivity index (χ2v) is 5.38. The number of hydrogen-bond acceptors (Lipinski definition) is 3. The van der Waals surface area contributed by atoms with Gasteiger partial charge in [0.1, 0.15) is 6.04 Å². The van der Waals surface area contributed by atoms with Crippen LogP contribution in [0.3, 0.4) is 0 Å². The van der Waals surface area contributed by atoms with Crippen molar-refractivity contribution in [1.29, 1.82) is 0 Å². The molecule has 1 rings (SSSR count). The molecular formula is C14H21NO2S. The number of nitrogens with one attached hydrogen (secondary N) is 1. The minimum absolute atomic E-state index is 0.322. The van der Waals surface area contributed by atoms with Crippen LogP contribution >= 0.6 is 11.8 Å². The van der Waals surface area contributed by atoms with E-state index in [1.165, 1.54) is 5.56 Å². The Bertz CT molecular complexity index is 356. The molecule has 0 saturated carbocycles. The predicted octanol–water partition coefficient (Wildman–Crippen LogP) is 2.59. The number of carboxylic acid groups (broad SMARTS) is 1. The third-order valence-corrected chi connectivity index (χ3v) is 3.59. The quantitative estimate of drug-likeness (QED) is 0.760. The molecule has 100 valence electrons. The highest BCUT2D eigenvalue weighted by molar-refractivity contribution is 7.98. The van der Waals surface area contributed by atoms with Crippen LogP contribution in [0.15, 0.2) is 30.3 Å². The van der Waals surface area contributed by atoms with Crippen LogP contribution in [0.2, 0.25) is 0 Å². The van der Waals surface area contributed by atoms with Crippen LogP contribution in [0, 0.1) is 0 Å². The highest BCUT2D eigenvalue weighted by Crippen LogP contribution is 2.13. The van der Waals surface area contributed by atoms with Crippen LogP contribution < -0.4 is 5.32 Å². The summed E-state index contributed by atoms with van der Waals surface area (Å²) in [6.07, 6.45) is 2.66. The van der Waals surface area contributed by atoms with Gasteiger partial charge in [-0.1, -0.05) is 37.3 Å². The lowest BCUT2D eigenvalue weighted by Crippen LogP contribution is -2.39. The van der Waals surface area contributed by atoms with E-state index in [9.17, 15) is 4.79 Å². The Morgan fingerprint density at radius 3 is 2.61 bits per heavy atom. The van der Waals surface area contributed by atoms with Crippen molar-refractivity contribution in [1.82, 2.24) is 5.32 Å². The van der Waals surface area contributed by atoms with E-state index in [0.29, 0.717) is 18.9 Å². The minimum atomic E-state index is -0.760. The molecule has 0 aliphatic rings. The zero-order valence-electron chi connectivity index (χ0n) is 10.9. The Kier molecular flexibility index (Phi) is 6.83. The van der Waals surface area contributed by atoms with Crippen LogP contribution in [-0.2, 0) is 4.79 Å². The maximum Gasteiger partial charge on any atom is 0.320 e. The second-order valence-electron chi connectivity index (χ2n) is 4.39. The van der Waals surface area contributed by atoms with Gasteiger partial charge in [-0.2, -0.15) is 11.8 Å². The molecule has 0 saturated heterocycles. The lowest BCUT2D eigenvalue weighted by Gasteiger charge is -2.18. The van der Waals surface area contributed by atoms with Gasteiger partial charge in [0.25, 0.3) is 0 Å². The summed E-state index contributed by atoms with van der Waals surface area (Å²) in [6, 6.07) is 9.71. The van der Waals surface area contributed by atoms with Gasteiger partial charge in [-0.3, -0.25) is 4.79 Å². The lowest BCUT2D eigenvalue weighted by molar-refractivity contribution is -0.139. The largest absolute Gasteiger partial charge is 0.480 e. The molecule has 0 amide bonds. The van der Waals surface area contributed by atoms with E-state index in [0.717, 1.165) is 5.75 Å². The third kappa shape index (κ3) is 5.10. The van der Waals surface area contributed by atoms with Crippen molar-refractivity contribution in [2.24, 2.45) is 0 Å². The number of thioether (sulfide) groups is 1. The average molecular weight is 267 g/mol. The Balaban J connectivity index is 2.44. The second kappa shape index (κ2) is 8.16. The first-order valence-electron chi connectivity index (χ1n) is 6.15. The summed E-state index contributed by atoms with van der Waals surface area (Å²) < 4.78 is 0. The molecule has 2 atom stereocenters. The molecule has 1 aromatic carbocycles. The first-order valence-corrected chi connectivity index (χ1v) is 7.54. The van der Waals surface area contributed by atoms with E-state index in [4.69, 9.17) is 5.11 Å². The van der Waals surface area contributed by atoms with Crippen molar-refractivity contribution in [2.75, 3.05) is 18.6 Å². The Morgan fingerprint density at radius 1 is 1.39 bits per heavy atom. The normalized spacial score (nSPS) is 14.1. The molecule has 0 spiro atoms. The van der Waals surface area contributed by atoms with Crippen LogP contribution in [0.4, 0.5) is 0 Å². The number of hydrogen-bond donors (Lipinski definition) is 2. The van der Waals surface area contributed by atoms with Gasteiger partial charge in [-0.05, 0) is 29.9 Å².